The molecular weight excluding hydrogens is 334 g/mol. The number of fused-ring (bicyclic) bond motifs is 1. The van der Waals surface area contributed by atoms with Crippen LogP contribution in [0.3, 0.4) is 0 Å². The van der Waals surface area contributed by atoms with Crippen LogP contribution < -0.4 is 21.5 Å². The summed E-state index contributed by atoms with van der Waals surface area (Å²) in [5.74, 6) is -0.0859. The Morgan fingerprint density at radius 1 is 1.28 bits per heavy atom. The highest BCUT2D eigenvalue weighted by Gasteiger charge is 2.17. The molecule has 0 bridgehead atoms. The van der Waals surface area contributed by atoms with Gasteiger partial charge in [0, 0.05) is 18.4 Å². The van der Waals surface area contributed by atoms with Crippen molar-refractivity contribution in [2.45, 2.75) is 19.5 Å². The normalized spacial score (nSPS) is 12.7. The van der Waals surface area contributed by atoms with Crippen molar-refractivity contribution in [1.29, 1.82) is 0 Å². The maximum Gasteiger partial charge on any atom is 0.321 e. The molecule has 1 aromatic carbocycles. The van der Waals surface area contributed by atoms with E-state index in [4.69, 9.17) is 0 Å². The van der Waals surface area contributed by atoms with Crippen LogP contribution in [0.1, 0.15) is 17.7 Å². The molecule has 0 fully saturated rings. The van der Waals surface area contributed by atoms with Crippen molar-refractivity contribution in [3.05, 3.63) is 58.0 Å². The molecule has 0 aliphatic carbocycles. The molecule has 3 N–H and O–H groups in total. The van der Waals surface area contributed by atoms with E-state index in [2.05, 4.69) is 16.0 Å². The molecule has 2 heterocycles. The molecule has 0 spiro atoms. The maximum atomic E-state index is 12.7. The number of benzene rings is 1. The van der Waals surface area contributed by atoms with E-state index in [1.54, 1.807) is 18.2 Å². The number of aromatic nitrogens is 1. The van der Waals surface area contributed by atoms with Crippen molar-refractivity contribution in [2.24, 2.45) is 0 Å². The van der Waals surface area contributed by atoms with E-state index in [-0.39, 0.29) is 29.1 Å². The van der Waals surface area contributed by atoms with Gasteiger partial charge in [-0.05, 0) is 29.3 Å². The minimum atomic E-state index is -2.99. The van der Waals surface area contributed by atoms with E-state index in [0.717, 1.165) is 23.0 Å². The lowest BCUT2D eigenvalue weighted by atomic mass is 10.1. The Bertz CT molecular complexity index is 895. The number of carbonyl (C=O) groups is 2. The summed E-state index contributed by atoms with van der Waals surface area (Å²) in [5, 5.41) is 7.49. The largest absolute Gasteiger partial charge is 0.334 e. The molecule has 130 valence electrons. The van der Waals surface area contributed by atoms with E-state index >= 15 is 0 Å². The second-order valence-electron chi connectivity index (χ2n) is 5.44. The van der Waals surface area contributed by atoms with Gasteiger partial charge in [0.05, 0.1) is 6.42 Å². The third-order valence-electron chi connectivity index (χ3n) is 3.68. The van der Waals surface area contributed by atoms with Gasteiger partial charge in [0.1, 0.15) is 5.69 Å². The summed E-state index contributed by atoms with van der Waals surface area (Å²) in [4.78, 5) is 35.0. The standard InChI is InChI=1S/C16H14F2N4O3/c17-15(18)22-5-1-2-12(14(22)24)21-16(25)19-8-9-3-4-11-10(6-9)7-13(23)20-11/h1-6,15H,7-8H2,(H,20,23)(H2,19,21,25). The number of alkyl halides is 2. The molecule has 0 atom stereocenters. The molecule has 25 heavy (non-hydrogen) atoms. The number of anilines is 2. The van der Waals surface area contributed by atoms with Crippen molar-refractivity contribution >= 4 is 23.3 Å². The molecule has 9 heteroatoms. The van der Waals surface area contributed by atoms with E-state index < -0.39 is 18.1 Å². The zero-order valence-electron chi connectivity index (χ0n) is 12.9. The fraction of sp³-hybridized carbons (Fsp3) is 0.188. The van der Waals surface area contributed by atoms with Crippen LogP contribution >= 0.6 is 0 Å². The molecule has 1 aromatic heterocycles. The monoisotopic (exact) mass is 348 g/mol. The molecule has 0 saturated carbocycles. The predicted molar refractivity (Wildman–Crippen MR) is 86.6 cm³/mol. The van der Waals surface area contributed by atoms with E-state index in [1.165, 1.54) is 12.1 Å². The van der Waals surface area contributed by atoms with Crippen molar-refractivity contribution < 1.29 is 18.4 Å². The predicted octanol–water partition coefficient (Wildman–Crippen LogP) is 2.06. The lowest BCUT2D eigenvalue weighted by molar-refractivity contribution is -0.115. The Morgan fingerprint density at radius 3 is 2.84 bits per heavy atom. The van der Waals surface area contributed by atoms with Gasteiger partial charge in [-0.2, -0.15) is 8.78 Å². The second-order valence-corrected chi connectivity index (χ2v) is 5.44. The number of amides is 3. The minimum Gasteiger partial charge on any atom is -0.334 e. The highest BCUT2D eigenvalue weighted by Crippen LogP contribution is 2.23. The molecule has 0 radical (unpaired) electrons. The van der Waals surface area contributed by atoms with Crippen LogP contribution in [0, 0.1) is 0 Å². The first-order chi connectivity index (χ1) is 11.9. The summed E-state index contributed by atoms with van der Waals surface area (Å²) in [6.45, 7) is -2.83. The number of hydrogen-bond acceptors (Lipinski definition) is 3. The molecule has 0 saturated heterocycles. The van der Waals surface area contributed by atoms with Crippen molar-refractivity contribution in [3.8, 4) is 0 Å². The number of pyridine rings is 1. The van der Waals surface area contributed by atoms with Gasteiger partial charge >= 0.3 is 12.6 Å². The lowest BCUT2D eigenvalue weighted by Crippen LogP contribution is -2.32. The van der Waals surface area contributed by atoms with Gasteiger partial charge in [0.15, 0.2) is 0 Å². The summed E-state index contributed by atoms with van der Waals surface area (Å²) >= 11 is 0. The van der Waals surface area contributed by atoms with Gasteiger partial charge in [-0.1, -0.05) is 12.1 Å². The van der Waals surface area contributed by atoms with E-state index in [1.807, 2.05) is 0 Å². The van der Waals surface area contributed by atoms with Crippen LogP contribution in [0.5, 0.6) is 0 Å². The highest BCUT2D eigenvalue weighted by atomic mass is 19.3. The maximum absolute atomic E-state index is 12.7. The summed E-state index contributed by atoms with van der Waals surface area (Å²) in [6.07, 6.45) is 1.22. The van der Waals surface area contributed by atoms with Crippen LogP contribution in [0.25, 0.3) is 0 Å². The summed E-state index contributed by atoms with van der Waals surface area (Å²) in [5.41, 5.74) is 1.12. The van der Waals surface area contributed by atoms with Crippen molar-refractivity contribution in [1.82, 2.24) is 9.88 Å². The van der Waals surface area contributed by atoms with Crippen LogP contribution in [0.2, 0.25) is 0 Å². The van der Waals surface area contributed by atoms with Gasteiger partial charge < -0.3 is 16.0 Å². The number of carbonyl (C=O) groups excluding carboxylic acids is 2. The molecule has 1 aliphatic heterocycles. The van der Waals surface area contributed by atoms with Crippen LogP contribution in [0.15, 0.2) is 41.3 Å². The Balaban J connectivity index is 1.63. The minimum absolute atomic E-state index is 0.0859. The smallest absolute Gasteiger partial charge is 0.321 e. The molecule has 1 aliphatic rings. The van der Waals surface area contributed by atoms with E-state index in [9.17, 15) is 23.2 Å². The first-order valence-corrected chi connectivity index (χ1v) is 7.40. The van der Waals surface area contributed by atoms with Crippen molar-refractivity contribution in [2.75, 3.05) is 10.6 Å². The Hall–Kier alpha value is -3.23. The topological polar surface area (TPSA) is 92.2 Å². The fourth-order valence-electron chi connectivity index (χ4n) is 2.50. The highest BCUT2D eigenvalue weighted by molar-refractivity contribution is 5.99. The number of rotatable bonds is 4. The lowest BCUT2D eigenvalue weighted by Gasteiger charge is -2.10. The third kappa shape index (κ3) is 3.65. The average Bonchev–Trinajstić information content (AvgIpc) is 2.94. The number of halogens is 2. The molecule has 0 unspecified atom stereocenters. The summed E-state index contributed by atoms with van der Waals surface area (Å²) in [7, 11) is 0. The second kappa shape index (κ2) is 6.71. The first-order valence-electron chi connectivity index (χ1n) is 7.40. The van der Waals surface area contributed by atoms with Gasteiger partial charge in [0.25, 0.3) is 5.56 Å². The van der Waals surface area contributed by atoms with Crippen molar-refractivity contribution in [3.63, 3.8) is 0 Å². The van der Waals surface area contributed by atoms with Gasteiger partial charge in [-0.3, -0.25) is 14.2 Å². The Kier molecular flexibility index (Phi) is 4.46. The molecular formula is C16H14F2N4O3. The first kappa shape index (κ1) is 16.6. The zero-order chi connectivity index (χ0) is 18.0. The molecule has 3 rings (SSSR count). The van der Waals surface area contributed by atoms with Gasteiger partial charge in [0.2, 0.25) is 5.91 Å². The Morgan fingerprint density at radius 2 is 2.08 bits per heavy atom. The van der Waals surface area contributed by atoms with Crippen LogP contribution in [-0.2, 0) is 17.8 Å². The Labute approximate surface area is 140 Å². The van der Waals surface area contributed by atoms with Gasteiger partial charge in [-0.25, -0.2) is 4.79 Å². The summed E-state index contributed by atoms with van der Waals surface area (Å²) in [6, 6.07) is 7.07. The zero-order valence-corrected chi connectivity index (χ0v) is 12.9. The fourth-order valence-corrected chi connectivity index (χ4v) is 2.50. The quantitative estimate of drug-likeness (QED) is 0.790. The molecule has 7 nitrogen and oxygen atoms in total. The van der Waals surface area contributed by atoms with Crippen LogP contribution in [0.4, 0.5) is 25.0 Å². The number of urea groups is 1. The average molecular weight is 348 g/mol. The third-order valence-corrected chi connectivity index (χ3v) is 3.68. The van der Waals surface area contributed by atoms with Gasteiger partial charge in [-0.15, -0.1) is 0 Å². The van der Waals surface area contributed by atoms with E-state index in [0.29, 0.717) is 0 Å². The number of nitrogens with zero attached hydrogens (tertiary/aromatic N) is 1. The van der Waals surface area contributed by atoms with Crippen LogP contribution in [-0.4, -0.2) is 16.5 Å². The SMILES string of the molecule is O=C1Cc2cc(CNC(=O)Nc3cccn(C(F)F)c3=O)ccc2N1. The molecule has 3 amide bonds. The summed E-state index contributed by atoms with van der Waals surface area (Å²) < 4.78 is 25.5. The molecule has 2 aromatic rings. The number of nitrogens with one attached hydrogen (secondary N) is 3. The number of hydrogen-bond donors (Lipinski definition) is 3.